The average Bonchev–Trinajstić information content (AvgIpc) is 2.94. The number of nitrogen functional groups attached to an aromatic ring is 1. The summed E-state index contributed by atoms with van der Waals surface area (Å²) in [6.45, 7) is 3.42. The van der Waals surface area contributed by atoms with Crippen LogP contribution in [0.3, 0.4) is 0 Å². The predicted octanol–water partition coefficient (Wildman–Crippen LogP) is 2.93. The Hall–Kier alpha value is -5.04. The number of methoxy groups -OCH3 is 1. The van der Waals surface area contributed by atoms with E-state index in [2.05, 4.69) is 14.8 Å². The van der Waals surface area contributed by atoms with Gasteiger partial charge in [0.2, 0.25) is 0 Å². The zero-order valence-corrected chi connectivity index (χ0v) is 24.1. The summed E-state index contributed by atoms with van der Waals surface area (Å²) in [7, 11) is -3.05. The van der Waals surface area contributed by atoms with Gasteiger partial charge in [-0.3, -0.25) is 15.0 Å². The number of benzene rings is 3. The van der Waals surface area contributed by atoms with Crippen LogP contribution in [0.15, 0.2) is 66.7 Å². The van der Waals surface area contributed by atoms with Crippen LogP contribution in [-0.4, -0.2) is 57.4 Å². The van der Waals surface area contributed by atoms with Gasteiger partial charge in [-0.25, -0.2) is 9.59 Å². The number of nitrogens with one attached hydrogen (secondary N) is 3. The van der Waals surface area contributed by atoms with E-state index in [0.717, 1.165) is 6.07 Å². The second-order valence-corrected chi connectivity index (χ2v) is 11.1. The number of carbonyl (C=O) groups excluding carboxylic acids is 4. The molecule has 13 heteroatoms. The van der Waals surface area contributed by atoms with Gasteiger partial charge < -0.3 is 25.3 Å². The number of rotatable bonds is 10. The molecule has 3 aromatic rings. The SMILES string of the molecule is COC(=O)C(NC(=O)c1ccc(-c2ccccc2C(=O)Nc2ccc(C(=N)N)cc2)c(C(=O)OS(C)(=O)=O)c1)C(C)C. The Kier molecular flexibility index (Phi) is 9.81. The number of amides is 2. The van der Waals surface area contributed by atoms with Crippen LogP contribution in [0.1, 0.15) is 50.5 Å². The van der Waals surface area contributed by atoms with Crippen molar-refractivity contribution in [3.63, 3.8) is 0 Å². The second-order valence-electron chi connectivity index (χ2n) is 9.54. The molecule has 1 unspecified atom stereocenters. The highest BCUT2D eigenvalue weighted by atomic mass is 32.2. The van der Waals surface area contributed by atoms with Crippen LogP contribution in [-0.2, 0) is 23.8 Å². The monoisotopic (exact) mass is 594 g/mol. The zero-order valence-electron chi connectivity index (χ0n) is 23.3. The molecular weight excluding hydrogens is 564 g/mol. The predicted molar refractivity (Wildman–Crippen MR) is 156 cm³/mol. The largest absolute Gasteiger partial charge is 0.467 e. The Bertz CT molecular complexity index is 1650. The van der Waals surface area contributed by atoms with Gasteiger partial charge in [-0.15, -0.1) is 0 Å². The average molecular weight is 595 g/mol. The van der Waals surface area contributed by atoms with Crippen molar-refractivity contribution in [2.24, 2.45) is 11.7 Å². The molecule has 12 nitrogen and oxygen atoms in total. The molecule has 0 heterocycles. The van der Waals surface area contributed by atoms with Crippen molar-refractivity contribution >= 4 is 45.4 Å². The number of nitrogens with two attached hydrogens (primary N) is 1. The molecule has 0 saturated heterocycles. The van der Waals surface area contributed by atoms with Gasteiger partial charge in [-0.1, -0.05) is 38.1 Å². The van der Waals surface area contributed by atoms with Crippen LogP contribution in [0.2, 0.25) is 0 Å². The van der Waals surface area contributed by atoms with E-state index >= 15 is 0 Å². The van der Waals surface area contributed by atoms with Crippen molar-refractivity contribution in [1.29, 1.82) is 5.41 Å². The van der Waals surface area contributed by atoms with Crippen LogP contribution in [0, 0.1) is 11.3 Å². The molecule has 0 aliphatic carbocycles. The highest BCUT2D eigenvalue weighted by Crippen LogP contribution is 2.30. The molecule has 0 fully saturated rings. The number of hydrogen-bond donors (Lipinski definition) is 4. The number of amidine groups is 1. The van der Waals surface area contributed by atoms with E-state index in [1.807, 2.05) is 0 Å². The fourth-order valence-corrected chi connectivity index (χ4v) is 4.33. The van der Waals surface area contributed by atoms with E-state index < -0.39 is 39.9 Å². The molecule has 220 valence electrons. The lowest BCUT2D eigenvalue weighted by atomic mass is 9.93. The van der Waals surface area contributed by atoms with Crippen LogP contribution < -0.4 is 16.4 Å². The fraction of sp³-hybridized carbons (Fsp3) is 0.207. The molecule has 0 bridgehead atoms. The number of carbonyl (C=O) groups is 4. The normalized spacial score (nSPS) is 11.7. The van der Waals surface area contributed by atoms with E-state index in [4.69, 9.17) is 15.9 Å². The number of hydrogen-bond acceptors (Lipinski definition) is 9. The van der Waals surface area contributed by atoms with Gasteiger partial charge in [0.1, 0.15) is 11.9 Å². The molecular formula is C29H30N4O8S. The minimum Gasteiger partial charge on any atom is -0.467 e. The standard InChI is InChI=1S/C29H30N4O8S/c1-16(2)24(29(37)40-3)33-26(34)18-11-14-21(23(15-18)28(36)41-42(4,38)39)20-7-5-6-8-22(20)27(35)32-19-12-9-17(10-13-19)25(30)31/h5-16,24H,1-4H3,(H3,30,31)(H,32,35)(H,33,34). The minimum atomic E-state index is -4.24. The smallest absolute Gasteiger partial charge is 0.354 e. The molecule has 42 heavy (non-hydrogen) atoms. The summed E-state index contributed by atoms with van der Waals surface area (Å²) < 4.78 is 33.0. The van der Waals surface area contributed by atoms with Gasteiger partial charge in [0.15, 0.2) is 0 Å². The summed E-state index contributed by atoms with van der Waals surface area (Å²) in [5.41, 5.74) is 6.48. The maximum atomic E-state index is 13.3. The van der Waals surface area contributed by atoms with Crippen LogP contribution >= 0.6 is 0 Å². The third-order valence-electron chi connectivity index (χ3n) is 6.05. The van der Waals surface area contributed by atoms with Gasteiger partial charge in [0.05, 0.1) is 18.9 Å². The third kappa shape index (κ3) is 7.79. The summed E-state index contributed by atoms with van der Waals surface area (Å²) >= 11 is 0. The molecule has 0 aromatic heterocycles. The Morgan fingerprint density at radius 3 is 2.02 bits per heavy atom. The van der Waals surface area contributed by atoms with Gasteiger partial charge >= 0.3 is 22.1 Å². The molecule has 3 rings (SSSR count). The van der Waals surface area contributed by atoms with E-state index in [0.29, 0.717) is 17.5 Å². The molecule has 0 aliphatic heterocycles. The number of anilines is 1. The van der Waals surface area contributed by atoms with E-state index in [9.17, 15) is 27.6 Å². The van der Waals surface area contributed by atoms with Crippen molar-refractivity contribution in [2.45, 2.75) is 19.9 Å². The fourth-order valence-electron chi connectivity index (χ4n) is 3.97. The van der Waals surface area contributed by atoms with Gasteiger partial charge in [0.25, 0.3) is 11.8 Å². The first-order chi connectivity index (χ1) is 19.7. The second kappa shape index (κ2) is 13.1. The Morgan fingerprint density at radius 2 is 1.45 bits per heavy atom. The number of esters is 1. The Labute approximate surface area is 242 Å². The van der Waals surface area contributed by atoms with Crippen LogP contribution in [0.25, 0.3) is 11.1 Å². The lowest BCUT2D eigenvalue weighted by molar-refractivity contribution is -0.144. The molecule has 0 aliphatic rings. The summed E-state index contributed by atoms with van der Waals surface area (Å²) in [6.07, 6.45) is 0.698. The minimum absolute atomic E-state index is 0.0683. The molecule has 0 radical (unpaired) electrons. The van der Waals surface area contributed by atoms with Gasteiger partial charge in [0, 0.05) is 22.4 Å². The van der Waals surface area contributed by atoms with E-state index in [-0.39, 0.29) is 39.6 Å². The van der Waals surface area contributed by atoms with E-state index in [1.54, 1.807) is 56.3 Å². The maximum absolute atomic E-state index is 13.3. The van der Waals surface area contributed by atoms with Crippen molar-refractivity contribution in [3.8, 4) is 11.1 Å². The maximum Gasteiger partial charge on any atom is 0.354 e. The van der Waals surface area contributed by atoms with Gasteiger partial charge in [-0.05, 0) is 59.5 Å². The molecule has 5 N–H and O–H groups in total. The Balaban J connectivity index is 2.06. The first-order valence-electron chi connectivity index (χ1n) is 12.5. The molecule has 3 aromatic carbocycles. The first-order valence-corrected chi connectivity index (χ1v) is 14.3. The molecule has 0 saturated carbocycles. The summed E-state index contributed by atoms with van der Waals surface area (Å²) in [6, 6.07) is 15.4. The van der Waals surface area contributed by atoms with Crippen LogP contribution in [0.5, 0.6) is 0 Å². The van der Waals surface area contributed by atoms with Crippen molar-refractivity contribution < 1.29 is 36.5 Å². The quantitative estimate of drug-likeness (QED) is 0.118. The highest BCUT2D eigenvalue weighted by Gasteiger charge is 2.27. The highest BCUT2D eigenvalue weighted by molar-refractivity contribution is 7.86. The van der Waals surface area contributed by atoms with Crippen LogP contribution in [0.4, 0.5) is 5.69 Å². The van der Waals surface area contributed by atoms with Crippen molar-refractivity contribution in [3.05, 3.63) is 89.0 Å². The Morgan fingerprint density at radius 1 is 0.857 bits per heavy atom. The molecule has 2 amide bonds. The summed E-state index contributed by atoms with van der Waals surface area (Å²) in [4.78, 5) is 51.5. The van der Waals surface area contributed by atoms with Crippen molar-refractivity contribution in [2.75, 3.05) is 18.7 Å². The zero-order chi connectivity index (χ0) is 31.2. The van der Waals surface area contributed by atoms with Gasteiger partial charge in [-0.2, -0.15) is 8.42 Å². The summed E-state index contributed by atoms with van der Waals surface area (Å²) in [5, 5.41) is 12.8. The lowest BCUT2D eigenvalue weighted by Gasteiger charge is -2.20. The summed E-state index contributed by atoms with van der Waals surface area (Å²) in [5.74, 6) is -3.66. The first kappa shape index (κ1) is 31.5. The lowest BCUT2D eigenvalue weighted by Crippen LogP contribution is -2.45. The number of ether oxygens (including phenoxy) is 1. The van der Waals surface area contributed by atoms with Crippen molar-refractivity contribution in [1.82, 2.24) is 5.32 Å². The topological polar surface area (TPSA) is 195 Å². The third-order valence-corrected chi connectivity index (χ3v) is 6.51. The molecule has 0 spiro atoms. The molecule has 1 atom stereocenters. The van der Waals surface area contributed by atoms with E-state index in [1.165, 1.54) is 25.3 Å².